The highest BCUT2D eigenvalue weighted by Crippen LogP contribution is 2.37. The highest BCUT2D eigenvalue weighted by Gasteiger charge is 2.35. The van der Waals surface area contributed by atoms with Crippen molar-refractivity contribution in [3.05, 3.63) is 45.0 Å². The number of carbonyl (C=O) groups is 1. The van der Waals surface area contributed by atoms with Crippen LogP contribution >= 0.6 is 23.1 Å². The van der Waals surface area contributed by atoms with Crippen LogP contribution in [0, 0.1) is 17.0 Å². The van der Waals surface area contributed by atoms with Crippen molar-refractivity contribution in [3.8, 4) is 0 Å². The molecule has 1 amide bonds. The molecule has 1 aromatic heterocycles. The largest absolute Gasteiger partial charge is 0.335 e. The average molecular weight is 456 g/mol. The molecule has 0 aliphatic carbocycles. The Morgan fingerprint density at radius 1 is 1.45 bits per heavy atom. The molecule has 1 atom stereocenters. The van der Waals surface area contributed by atoms with E-state index in [-0.39, 0.29) is 34.7 Å². The molecule has 3 rings (SSSR count). The van der Waals surface area contributed by atoms with Crippen LogP contribution in [0.15, 0.2) is 32.8 Å². The maximum Gasteiger partial charge on any atom is 0.284 e. The van der Waals surface area contributed by atoms with E-state index in [2.05, 4.69) is 4.98 Å². The smallest absolute Gasteiger partial charge is 0.284 e. The fourth-order valence-corrected chi connectivity index (χ4v) is 6.84. The maximum atomic E-state index is 13.1. The quantitative estimate of drug-likeness (QED) is 0.464. The van der Waals surface area contributed by atoms with Gasteiger partial charge in [-0.2, -0.15) is 0 Å². The van der Waals surface area contributed by atoms with Gasteiger partial charge in [0.1, 0.15) is 0 Å². The number of nitro benzene ring substituents is 1. The molecule has 1 aliphatic rings. The van der Waals surface area contributed by atoms with Crippen LogP contribution in [-0.4, -0.2) is 53.2 Å². The number of amides is 1. The average Bonchev–Trinajstić information content (AvgIpc) is 3.23. The second-order valence-electron chi connectivity index (χ2n) is 6.85. The van der Waals surface area contributed by atoms with E-state index in [9.17, 15) is 23.3 Å². The molecule has 156 valence electrons. The van der Waals surface area contributed by atoms with E-state index in [1.165, 1.54) is 29.2 Å². The Morgan fingerprint density at radius 3 is 2.76 bits per heavy atom. The fraction of sp³-hybridized carbons (Fsp3) is 0.444. The minimum absolute atomic E-state index is 0.0574. The molecule has 1 aromatic carbocycles. The summed E-state index contributed by atoms with van der Waals surface area (Å²) in [5, 5.41) is 13.5. The molecule has 0 bridgehead atoms. The molecular formula is C18H21N3O5S3. The van der Waals surface area contributed by atoms with E-state index < -0.39 is 14.8 Å². The molecule has 0 N–H and O–H groups in total. The molecule has 1 fully saturated rings. The van der Waals surface area contributed by atoms with E-state index in [0.717, 1.165) is 5.69 Å². The van der Waals surface area contributed by atoms with Crippen LogP contribution in [0.3, 0.4) is 0 Å². The molecule has 0 saturated carbocycles. The molecule has 2 aromatic rings. The van der Waals surface area contributed by atoms with Gasteiger partial charge in [0.15, 0.2) is 14.2 Å². The van der Waals surface area contributed by atoms with Crippen molar-refractivity contribution in [2.75, 3.05) is 18.1 Å². The van der Waals surface area contributed by atoms with Gasteiger partial charge in [0.2, 0.25) is 0 Å². The molecule has 2 heterocycles. The fourth-order valence-electron chi connectivity index (χ4n) is 3.23. The van der Waals surface area contributed by atoms with Crippen molar-refractivity contribution >= 4 is 44.5 Å². The number of sulfone groups is 1. The third kappa shape index (κ3) is 5.14. The summed E-state index contributed by atoms with van der Waals surface area (Å²) in [6, 6.07) is 4.00. The van der Waals surface area contributed by atoms with Gasteiger partial charge in [0.05, 0.1) is 21.3 Å². The minimum Gasteiger partial charge on any atom is -0.335 e. The third-order valence-corrected chi connectivity index (χ3v) is 8.44. The van der Waals surface area contributed by atoms with Crippen LogP contribution < -0.4 is 0 Å². The molecule has 1 unspecified atom stereocenters. The maximum absolute atomic E-state index is 13.1. The Morgan fingerprint density at radius 2 is 2.21 bits per heavy atom. The van der Waals surface area contributed by atoms with Crippen LogP contribution in [0.1, 0.15) is 35.8 Å². The Labute approximate surface area is 177 Å². The lowest BCUT2D eigenvalue weighted by atomic mass is 10.1. The van der Waals surface area contributed by atoms with Gasteiger partial charge in [-0.1, -0.05) is 18.7 Å². The number of aromatic nitrogens is 1. The Bertz CT molecular complexity index is 1040. The molecule has 11 heteroatoms. The number of carbonyl (C=O) groups excluding carboxylic acids is 1. The molecule has 8 nitrogen and oxygen atoms in total. The third-order valence-electron chi connectivity index (χ3n) is 4.57. The number of nitrogens with zero attached hydrogens (tertiary/aromatic N) is 3. The van der Waals surface area contributed by atoms with Crippen molar-refractivity contribution < 1.29 is 18.1 Å². The minimum atomic E-state index is -3.15. The zero-order valence-electron chi connectivity index (χ0n) is 16.0. The van der Waals surface area contributed by atoms with Crippen molar-refractivity contribution in [1.29, 1.82) is 0 Å². The lowest BCUT2D eigenvalue weighted by Crippen LogP contribution is -2.41. The molecule has 0 radical (unpaired) electrons. The van der Waals surface area contributed by atoms with Gasteiger partial charge in [0.25, 0.3) is 11.6 Å². The number of thiazole rings is 1. The van der Waals surface area contributed by atoms with Gasteiger partial charge >= 0.3 is 0 Å². The zero-order valence-corrected chi connectivity index (χ0v) is 18.5. The summed E-state index contributed by atoms with van der Waals surface area (Å²) in [5.74, 6) is -0.370. The number of hydrogen-bond donors (Lipinski definition) is 0. The first-order valence-corrected chi connectivity index (χ1v) is 12.6. The van der Waals surface area contributed by atoms with Crippen molar-refractivity contribution in [2.45, 2.75) is 42.0 Å². The van der Waals surface area contributed by atoms with Crippen molar-refractivity contribution in [3.63, 3.8) is 0 Å². The SMILES string of the molecule is CCCN(C(=O)c1ccc(Sc2nc(C)cs2)c([N+](=O)[O-])c1)C1CCS(=O)(=O)C1. The summed E-state index contributed by atoms with van der Waals surface area (Å²) in [6.07, 6.45) is 1.06. The summed E-state index contributed by atoms with van der Waals surface area (Å²) in [5.41, 5.74) is 0.868. The molecule has 1 aliphatic heterocycles. The van der Waals surface area contributed by atoms with Gasteiger partial charge < -0.3 is 4.90 Å². The zero-order chi connectivity index (χ0) is 21.2. The summed E-state index contributed by atoms with van der Waals surface area (Å²) in [6.45, 7) is 4.16. The van der Waals surface area contributed by atoms with E-state index >= 15 is 0 Å². The van der Waals surface area contributed by atoms with E-state index in [4.69, 9.17) is 0 Å². The highest BCUT2D eigenvalue weighted by molar-refractivity contribution is 8.01. The first-order chi connectivity index (χ1) is 13.7. The van der Waals surface area contributed by atoms with Gasteiger partial charge in [0, 0.05) is 35.3 Å². The Kier molecular flexibility index (Phi) is 6.59. The van der Waals surface area contributed by atoms with Gasteiger partial charge in [-0.15, -0.1) is 11.3 Å². The van der Waals surface area contributed by atoms with E-state index in [1.807, 2.05) is 19.2 Å². The van der Waals surface area contributed by atoms with Crippen molar-refractivity contribution in [1.82, 2.24) is 9.88 Å². The monoisotopic (exact) mass is 455 g/mol. The topological polar surface area (TPSA) is 110 Å². The second kappa shape index (κ2) is 8.80. The number of rotatable bonds is 7. The van der Waals surface area contributed by atoms with Gasteiger partial charge in [-0.3, -0.25) is 14.9 Å². The predicted octanol–water partition coefficient (Wildman–Crippen LogP) is 3.55. The number of hydrogen-bond acceptors (Lipinski definition) is 8. The summed E-state index contributed by atoms with van der Waals surface area (Å²) in [7, 11) is -3.15. The molecule has 1 saturated heterocycles. The normalized spacial score (nSPS) is 17.9. The second-order valence-corrected chi connectivity index (χ2v) is 11.2. The summed E-state index contributed by atoms with van der Waals surface area (Å²) in [4.78, 5) is 30.4. The molecule has 0 spiro atoms. The van der Waals surface area contributed by atoms with Crippen molar-refractivity contribution in [2.24, 2.45) is 0 Å². The lowest BCUT2D eigenvalue weighted by molar-refractivity contribution is -0.387. The van der Waals surface area contributed by atoms with Crippen LogP contribution in [-0.2, 0) is 9.84 Å². The first-order valence-electron chi connectivity index (χ1n) is 9.10. The highest BCUT2D eigenvalue weighted by atomic mass is 32.2. The van der Waals surface area contributed by atoms with Gasteiger partial charge in [-0.25, -0.2) is 13.4 Å². The lowest BCUT2D eigenvalue weighted by Gasteiger charge is -2.28. The Balaban J connectivity index is 1.89. The van der Waals surface area contributed by atoms with Crippen LogP contribution in [0.4, 0.5) is 5.69 Å². The number of nitro groups is 1. The van der Waals surface area contributed by atoms with E-state index in [1.54, 1.807) is 17.0 Å². The molecule has 29 heavy (non-hydrogen) atoms. The van der Waals surface area contributed by atoms with E-state index in [0.29, 0.717) is 28.6 Å². The molecular weight excluding hydrogens is 434 g/mol. The van der Waals surface area contributed by atoms with Gasteiger partial charge in [-0.05, 0) is 31.9 Å². The Hall–Kier alpha value is -1.98. The van der Waals surface area contributed by atoms with Crippen LogP contribution in [0.2, 0.25) is 0 Å². The predicted molar refractivity (Wildman–Crippen MR) is 112 cm³/mol. The summed E-state index contributed by atoms with van der Waals surface area (Å²) < 4.78 is 24.4. The summed E-state index contributed by atoms with van der Waals surface area (Å²) >= 11 is 2.59. The number of benzene rings is 1. The van der Waals surface area contributed by atoms with Crippen LogP contribution in [0.5, 0.6) is 0 Å². The standard InChI is InChI=1S/C18H21N3O5S3/c1-3-7-20(14-6-8-29(25,26)11-14)17(22)13-4-5-16(15(9-13)21(23)24)28-18-19-12(2)10-27-18/h4-5,9-10,14H,3,6-8,11H2,1-2H3. The number of aryl methyl sites for hydroxylation is 1. The first kappa shape index (κ1) is 21.7. The van der Waals surface area contributed by atoms with Crippen LogP contribution in [0.25, 0.3) is 0 Å².